The normalized spacial score (nSPS) is 10.6. The molecule has 0 fully saturated rings. The van der Waals surface area contributed by atoms with Gasteiger partial charge < -0.3 is 4.90 Å². The van der Waals surface area contributed by atoms with Gasteiger partial charge in [-0.3, -0.25) is 4.79 Å². The van der Waals surface area contributed by atoms with Crippen LogP contribution in [-0.2, 0) is 14.8 Å². The maximum absolute atomic E-state index is 12.1. The summed E-state index contributed by atoms with van der Waals surface area (Å²) in [6.45, 7) is 2.30. The van der Waals surface area contributed by atoms with Crippen molar-refractivity contribution in [2.24, 2.45) is 0 Å². The minimum Gasteiger partial charge on any atom is -0.341 e. The first-order valence-corrected chi connectivity index (χ1v) is 8.97. The molecule has 0 heterocycles. The largest absolute Gasteiger partial charge is 0.341 e. The van der Waals surface area contributed by atoms with Crippen molar-refractivity contribution >= 4 is 15.9 Å². The quantitative estimate of drug-likeness (QED) is 0.723. The van der Waals surface area contributed by atoms with Crippen molar-refractivity contribution in [1.82, 2.24) is 9.62 Å². The van der Waals surface area contributed by atoms with E-state index in [1.807, 2.05) is 19.1 Å². The van der Waals surface area contributed by atoms with Crippen LogP contribution in [0.25, 0.3) is 0 Å². The van der Waals surface area contributed by atoms with Gasteiger partial charge in [-0.25, -0.2) is 13.1 Å². The monoisotopic (exact) mass is 348 g/mol. The molecule has 1 amide bonds. The topological polar surface area (TPSA) is 114 Å². The lowest BCUT2D eigenvalue weighted by molar-refractivity contribution is -0.130. The highest BCUT2D eigenvalue weighted by Gasteiger charge is 2.16. The zero-order chi connectivity index (χ0) is 18.0. The number of nitriles is 2. The first-order valence-electron chi connectivity index (χ1n) is 7.48. The van der Waals surface area contributed by atoms with Gasteiger partial charge in [-0.2, -0.15) is 10.5 Å². The molecule has 0 spiro atoms. The summed E-state index contributed by atoms with van der Waals surface area (Å²) in [5.74, 6) is -0.285. The van der Waals surface area contributed by atoms with Crippen LogP contribution in [-0.4, -0.2) is 38.9 Å². The lowest BCUT2D eigenvalue weighted by Crippen LogP contribution is -2.35. The van der Waals surface area contributed by atoms with Crippen LogP contribution >= 0.6 is 0 Å². The number of hydrogen-bond donors (Lipinski definition) is 1. The first-order chi connectivity index (χ1) is 11.4. The molecule has 1 rings (SSSR count). The Labute approximate surface area is 142 Å². The third-order valence-corrected chi connectivity index (χ3v) is 4.78. The number of amides is 1. The molecular weight excluding hydrogens is 328 g/mol. The molecule has 1 aromatic carbocycles. The minimum atomic E-state index is -3.66. The average molecular weight is 348 g/mol. The van der Waals surface area contributed by atoms with E-state index in [9.17, 15) is 13.2 Å². The third-order valence-electron chi connectivity index (χ3n) is 3.30. The number of sulfonamides is 1. The maximum Gasteiger partial charge on any atom is 0.240 e. The van der Waals surface area contributed by atoms with Crippen LogP contribution in [0.2, 0.25) is 0 Å². The predicted octanol–water partition coefficient (Wildman–Crippen LogP) is 1.32. The Balaban J connectivity index is 2.57. The van der Waals surface area contributed by atoms with Gasteiger partial charge in [0.2, 0.25) is 15.9 Å². The van der Waals surface area contributed by atoms with Gasteiger partial charge in [-0.15, -0.1) is 0 Å². The number of nitrogens with zero attached hydrogens (tertiary/aromatic N) is 3. The average Bonchev–Trinajstić information content (AvgIpc) is 2.55. The summed E-state index contributed by atoms with van der Waals surface area (Å²) in [5.41, 5.74) is 0.953. The van der Waals surface area contributed by atoms with Crippen LogP contribution in [0, 0.1) is 29.6 Å². The molecule has 8 heteroatoms. The standard InChI is InChI=1S/C16H20N4O3S/c1-14-4-6-15(7-5-14)24(22,23)19-11-8-16(21)20(12-2-9-17)13-3-10-18/h4-7,19H,2-3,8,11-13H2,1H3. The highest BCUT2D eigenvalue weighted by molar-refractivity contribution is 7.89. The van der Waals surface area contributed by atoms with Crippen LogP contribution in [0.15, 0.2) is 29.2 Å². The number of benzene rings is 1. The van der Waals surface area contributed by atoms with Gasteiger partial charge in [0.1, 0.15) is 0 Å². The Morgan fingerprint density at radius 1 is 1.12 bits per heavy atom. The van der Waals surface area contributed by atoms with Crippen LogP contribution in [0.1, 0.15) is 24.8 Å². The number of carbonyl (C=O) groups excluding carboxylic acids is 1. The van der Waals surface area contributed by atoms with Crippen LogP contribution in [0.3, 0.4) is 0 Å². The molecule has 0 aliphatic rings. The zero-order valence-corrected chi connectivity index (χ0v) is 14.3. The molecule has 0 aliphatic carbocycles. The molecule has 7 nitrogen and oxygen atoms in total. The van der Waals surface area contributed by atoms with Crippen molar-refractivity contribution in [3.63, 3.8) is 0 Å². The van der Waals surface area contributed by atoms with Crippen molar-refractivity contribution in [3.8, 4) is 12.1 Å². The Morgan fingerprint density at radius 2 is 1.67 bits per heavy atom. The number of aryl methyl sites for hydroxylation is 1. The number of nitrogens with one attached hydrogen (secondary N) is 1. The predicted molar refractivity (Wildman–Crippen MR) is 88.0 cm³/mol. The second-order valence-electron chi connectivity index (χ2n) is 5.16. The molecule has 24 heavy (non-hydrogen) atoms. The van der Waals surface area contributed by atoms with E-state index >= 15 is 0 Å². The summed E-state index contributed by atoms with van der Waals surface area (Å²) < 4.78 is 26.6. The van der Waals surface area contributed by atoms with Crippen molar-refractivity contribution in [3.05, 3.63) is 29.8 Å². The van der Waals surface area contributed by atoms with Gasteiger partial charge >= 0.3 is 0 Å². The number of carbonyl (C=O) groups is 1. The molecule has 0 saturated heterocycles. The molecule has 1 N–H and O–H groups in total. The summed E-state index contributed by atoms with van der Waals surface area (Å²) >= 11 is 0. The molecule has 0 bridgehead atoms. The smallest absolute Gasteiger partial charge is 0.240 e. The SMILES string of the molecule is Cc1ccc(S(=O)(=O)NCCC(=O)N(CCC#N)CCC#N)cc1. The van der Waals surface area contributed by atoms with Gasteiger partial charge in [0.25, 0.3) is 0 Å². The van der Waals surface area contributed by atoms with Crippen LogP contribution < -0.4 is 4.72 Å². The molecule has 0 atom stereocenters. The summed E-state index contributed by atoms with van der Waals surface area (Å²) in [5, 5.41) is 17.2. The van der Waals surface area contributed by atoms with Gasteiger partial charge in [0.15, 0.2) is 0 Å². The highest BCUT2D eigenvalue weighted by Crippen LogP contribution is 2.09. The summed E-state index contributed by atoms with van der Waals surface area (Å²) in [6, 6.07) is 10.3. The molecule has 0 saturated carbocycles. The summed E-state index contributed by atoms with van der Waals surface area (Å²) in [6.07, 6.45) is 0.320. The Morgan fingerprint density at radius 3 is 2.17 bits per heavy atom. The highest BCUT2D eigenvalue weighted by atomic mass is 32.2. The third kappa shape index (κ3) is 6.37. The second-order valence-corrected chi connectivity index (χ2v) is 6.92. The fourth-order valence-electron chi connectivity index (χ4n) is 1.98. The van der Waals surface area contributed by atoms with Gasteiger partial charge in [0.05, 0.1) is 29.9 Å². The molecule has 0 radical (unpaired) electrons. The minimum absolute atomic E-state index is 0.0258. The molecule has 0 aromatic heterocycles. The maximum atomic E-state index is 12.1. The van der Waals surface area contributed by atoms with E-state index in [-0.39, 0.29) is 49.7 Å². The molecule has 0 aliphatic heterocycles. The fraction of sp³-hybridized carbons (Fsp3) is 0.438. The van der Waals surface area contributed by atoms with E-state index in [1.165, 1.54) is 17.0 Å². The van der Waals surface area contributed by atoms with Crippen molar-refractivity contribution in [1.29, 1.82) is 10.5 Å². The summed E-state index contributed by atoms with van der Waals surface area (Å²) in [7, 11) is -3.66. The van der Waals surface area contributed by atoms with Crippen LogP contribution in [0.5, 0.6) is 0 Å². The Hall–Kier alpha value is -2.42. The molecule has 0 unspecified atom stereocenters. The lowest BCUT2D eigenvalue weighted by Gasteiger charge is -2.20. The molecule has 1 aromatic rings. The number of hydrogen-bond acceptors (Lipinski definition) is 5. The van der Waals surface area contributed by atoms with E-state index < -0.39 is 10.0 Å². The van der Waals surface area contributed by atoms with Crippen molar-refractivity contribution in [2.75, 3.05) is 19.6 Å². The molecular formula is C16H20N4O3S. The van der Waals surface area contributed by atoms with Crippen molar-refractivity contribution in [2.45, 2.75) is 31.1 Å². The van der Waals surface area contributed by atoms with E-state index in [0.29, 0.717) is 0 Å². The van der Waals surface area contributed by atoms with E-state index in [4.69, 9.17) is 10.5 Å². The summed E-state index contributed by atoms with van der Waals surface area (Å²) in [4.78, 5) is 13.6. The van der Waals surface area contributed by atoms with Crippen LogP contribution in [0.4, 0.5) is 0 Å². The number of rotatable bonds is 9. The second kappa shape index (κ2) is 9.66. The Kier molecular flexibility index (Phi) is 7.90. The zero-order valence-electron chi connectivity index (χ0n) is 13.5. The van der Waals surface area contributed by atoms with E-state index in [2.05, 4.69) is 4.72 Å². The lowest BCUT2D eigenvalue weighted by atomic mass is 10.2. The fourth-order valence-corrected chi connectivity index (χ4v) is 3.01. The van der Waals surface area contributed by atoms with Gasteiger partial charge in [-0.1, -0.05) is 17.7 Å². The van der Waals surface area contributed by atoms with E-state index in [0.717, 1.165) is 5.56 Å². The van der Waals surface area contributed by atoms with Gasteiger partial charge in [0, 0.05) is 26.1 Å². The molecule has 128 valence electrons. The van der Waals surface area contributed by atoms with Crippen molar-refractivity contribution < 1.29 is 13.2 Å². The van der Waals surface area contributed by atoms with Gasteiger partial charge in [-0.05, 0) is 19.1 Å². The first kappa shape index (κ1) is 19.6. The van der Waals surface area contributed by atoms with E-state index in [1.54, 1.807) is 12.1 Å². The Bertz CT molecular complexity index is 712.